The molecule has 18 heavy (non-hydrogen) atoms. The van der Waals surface area contributed by atoms with Crippen molar-refractivity contribution >= 4 is 21.7 Å². The van der Waals surface area contributed by atoms with E-state index < -0.39 is 10.0 Å². The van der Waals surface area contributed by atoms with Crippen LogP contribution in [0.3, 0.4) is 0 Å². The second-order valence-electron chi connectivity index (χ2n) is 3.40. The molecule has 0 aliphatic rings. The molecule has 2 aromatic rings. The minimum absolute atomic E-state index is 0.0474. The normalized spacial score (nSPS) is 11.1. The van der Waals surface area contributed by atoms with Crippen molar-refractivity contribution in [1.82, 2.24) is 9.97 Å². The van der Waals surface area contributed by atoms with E-state index >= 15 is 0 Å². The highest BCUT2D eigenvalue weighted by Gasteiger charge is 2.16. The van der Waals surface area contributed by atoms with Gasteiger partial charge >= 0.3 is 0 Å². The van der Waals surface area contributed by atoms with Crippen LogP contribution in [-0.2, 0) is 10.0 Å². The molecule has 0 aliphatic carbocycles. The van der Waals surface area contributed by atoms with Crippen molar-refractivity contribution in [3.05, 3.63) is 36.7 Å². The Hall–Kier alpha value is -2.35. The number of hydrogen-bond acceptors (Lipinski definition) is 6. The van der Waals surface area contributed by atoms with Gasteiger partial charge in [-0.15, -0.1) is 0 Å². The van der Waals surface area contributed by atoms with E-state index in [0.717, 1.165) is 6.07 Å². The molecule has 0 saturated heterocycles. The van der Waals surface area contributed by atoms with Crippen molar-refractivity contribution in [1.29, 1.82) is 0 Å². The van der Waals surface area contributed by atoms with E-state index in [1.807, 2.05) is 0 Å². The van der Waals surface area contributed by atoms with Gasteiger partial charge in [-0.25, -0.2) is 23.1 Å². The summed E-state index contributed by atoms with van der Waals surface area (Å²) in [5.41, 5.74) is 5.50. The third-order valence-corrected chi connectivity index (χ3v) is 3.43. The summed E-state index contributed by atoms with van der Waals surface area (Å²) in [5, 5.41) is 9.38. The number of rotatable bonds is 3. The Morgan fingerprint density at radius 1 is 1.22 bits per heavy atom. The SMILES string of the molecule is Nc1ccc(S(=O)(=O)Nc2ncccn2)cc1O. The minimum Gasteiger partial charge on any atom is -0.506 e. The fourth-order valence-electron chi connectivity index (χ4n) is 1.22. The van der Waals surface area contributed by atoms with E-state index in [9.17, 15) is 13.5 Å². The van der Waals surface area contributed by atoms with Gasteiger partial charge in [-0.05, 0) is 18.2 Å². The van der Waals surface area contributed by atoms with Crippen LogP contribution in [0.2, 0.25) is 0 Å². The van der Waals surface area contributed by atoms with Crippen LogP contribution in [0, 0.1) is 0 Å². The fraction of sp³-hybridized carbons (Fsp3) is 0. The van der Waals surface area contributed by atoms with Crippen LogP contribution in [0.4, 0.5) is 11.6 Å². The van der Waals surface area contributed by atoms with Crippen LogP contribution in [0.25, 0.3) is 0 Å². The number of phenols is 1. The van der Waals surface area contributed by atoms with Gasteiger partial charge in [-0.3, -0.25) is 0 Å². The van der Waals surface area contributed by atoms with Crippen LogP contribution in [0.5, 0.6) is 5.75 Å². The van der Waals surface area contributed by atoms with Gasteiger partial charge in [0.05, 0.1) is 10.6 Å². The van der Waals surface area contributed by atoms with Crippen LogP contribution < -0.4 is 10.5 Å². The van der Waals surface area contributed by atoms with E-state index in [1.165, 1.54) is 24.5 Å². The van der Waals surface area contributed by atoms with Crippen LogP contribution in [0.15, 0.2) is 41.6 Å². The van der Waals surface area contributed by atoms with Gasteiger partial charge in [0.2, 0.25) is 5.95 Å². The number of benzene rings is 1. The van der Waals surface area contributed by atoms with Crippen molar-refractivity contribution in [3.63, 3.8) is 0 Å². The lowest BCUT2D eigenvalue weighted by Gasteiger charge is -2.07. The van der Waals surface area contributed by atoms with Gasteiger partial charge < -0.3 is 10.8 Å². The summed E-state index contributed by atoms with van der Waals surface area (Å²) >= 11 is 0. The van der Waals surface area contributed by atoms with Gasteiger partial charge in [0.1, 0.15) is 5.75 Å². The molecule has 0 saturated carbocycles. The molecule has 2 rings (SSSR count). The molecule has 7 nitrogen and oxygen atoms in total. The lowest BCUT2D eigenvalue weighted by atomic mass is 10.3. The van der Waals surface area contributed by atoms with Crippen molar-refractivity contribution in [2.24, 2.45) is 0 Å². The summed E-state index contributed by atoms with van der Waals surface area (Å²) in [7, 11) is -3.84. The molecular formula is C10H10N4O3S. The van der Waals surface area contributed by atoms with Crippen LogP contribution in [0.1, 0.15) is 0 Å². The zero-order valence-electron chi connectivity index (χ0n) is 9.11. The molecule has 1 aromatic carbocycles. The Balaban J connectivity index is 2.34. The van der Waals surface area contributed by atoms with E-state index in [-0.39, 0.29) is 22.3 Å². The molecule has 0 amide bonds. The summed E-state index contributed by atoms with van der Waals surface area (Å²) in [6, 6.07) is 5.20. The molecule has 0 aliphatic heterocycles. The maximum Gasteiger partial charge on any atom is 0.264 e. The average molecular weight is 266 g/mol. The maximum atomic E-state index is 11.9. The zero-order valence-corrected chi connectivity index (χ0v) is 9.92. The van der Waals surface area contributed by atoms with Gasteiger partial charge in [0, 0.05) is 18.5 Å². The fourth-order valence-corrected chi connectivity index (χ4v) is 2.20. The first-order valence-corrected chi connectivity index (χ1v) is 6.36. The van der Waals surface area contributed by atoms with Crippen molar-refractivity contribution in [2.45, 2.75) is 4.90 Å². The zero-order chi connectivity index (χ0) is 13.2. The van der Waals surface area contributed by atoms with Crippen LogP contribution in [-0.4, -0.2) is 23.5 Å². The molecule has 0 radical (unpaired) electrons. The highest BCUT2D eigenvalue weighted by atomic mass is 32.2. The average Bonchev–Trinajstić information content (AvgIpc) is 2.33. The summed E-state index contributed by atoms with van der Waals surface area (Å²) < 4.78 is 26.0. The minimum atomic E-state index is -3.84. The first kappa shape index (κ1) is 12.1. The summed E-state index contributed by atoms with van der Waals surface area (Å²) in [6.07, 6.45) is 2.82. The van der Waals surface area contributed by atoms with Crippen molar-refractivity contribution < 1.29 is 13.5 Å². The quantitative estimate of drug-likeness (QED) is 0.552. The van der Waals surface area contributed by atoms with Gasteiger partial charge in [0.25, 0.3) is 10.0 Å². The number of aromatic hydroxyl groups is 1. The Morgan fingerprint density at radius 3 is 2.50 bits per heavy atom. The summed E-state index contributed by atoms with van der Waals surface area (Å²) in [6.45, 7) is 0. The maximum absolute atomic E-state index is 11.9. The monoisotopic (exact) mass is 266 g/mol. The number of hydrogen-bond donors (Lipinski definition) is 3. The molecule has 0 atom stereocenters. The third-order valence-electron chi connectivity index (χ3n) is 2.10. The van der Waals surface area contributed by atoms with Gasteiger partial charge in [-0.2, -0.15) is 0 Å². The summed E-state index contributed by atoms with van der Waals surface area (Å²) in [5.74, 6) is -0.347. The molecular weight excluding hydrogens is 256 g/mol. The number of aromatic nitrogens is 2. The van der Waals surface area contributed by atoms with E-state index in [1.54, 1.807) is 6.07 Å². The number of nitrogens with one attached hydrogen (secondary N) is 1. The number of phenolic OH excluding ortho intramolecular Hbond substituents is 1. The van der Waals surface area contributed by atoms with Crippen LogP contribution >= 0.6 is 0 Å². The van der Waals surface area contributed by atoms with Crippen molar-refractivity contribution in [3.8, 4) is 5.75 Å². The van der Waals surface area contributed by atoms with E-state index in [0.29, 0.717) is 0 Å². The molecule has 1 heterocycles. The molecule has 0 bridgehead atoms. The Labute approximate surface area is 103 Å². The molecule has 0 spiro atoms. The third kappa shape index (κ3) is 2.48. The molecule has 4 N–H and O–H groups in total. The molecule has 0 unspecified atom stereocenters. The number of sulfonamides is 1. The summed E-state index contributed by atoms with van der Waals surface area (Å²) in [4.78, 5) is 7.36. The van der Waals surface area contributed by atoms with Crippen molar-refractivity contribution in [2.75, 3.05) is 10.5 Å². The van der Waals surface area contributed by atoms with E-state index in [4.69, 9.17) is 5.73 Å². The second-order valence-corrected chi connectivity index (χ2v) is 5.08. The molecule has 94 valence electrons. The lowest BCUT2D eigenvalue weighted by Crippen LogP contribution is -2.14. The Morgan fingerprint density at radius 2 is 1.89 bits per heavy atom. The first-order chi connectivity index (χ1) is 8.49. The highest BCUT2D eigenvalue weighted by molar-refractivity contribution is 7.92. The number of nitrogen functional groups attached to an aromatic ring is 1. The van der Waals surface area contributed by atoms with E-state index in [2.05, 4.69) is 14.7 Å². The largest absolute Gasteiger partial charge is 0.506 e. The molecule has 1 aromatic heterocycles. The Kier molecular flexibility index (Phi) is 3.02. The molecule has 0 fully saturated rings. The number of anilines is 2. The highest BCUT2D eigenvalue weighted by Crippen LogP contribution is 2.24. The lowest BCUT2D eigenvalue weighted by molar-refractivity contribution is 0.476. The number of nitrogens with zero attached hydrogens (tertiary/aromatic N) is 2. The van der Waals surface area contributed by atoms with Gasteiger partial charge in [-0.1, -0.05) is 0 Å². The van der Waals surface area contributed by atoms with Gasteiger partial charge in [0.15, 0.2) is 0 Å². The topological polar surface area (TPSA) is 118 Å². The Bertz CT molecular complexity index is 658. The number of nitrogens with two attached hydrogens (primary N) is 1. The molecule has 8 heteroatoms. The first-order valence-electron chi connectivity index (χ1n) is 4.87. The smallest absolute Gasteiger partial charge is 0.264 e. The predicted molar refractivity (Wildman–Crippen MR) is 65.4 cm³/mol. The predicted octanol–water partition coefficient (Wildman–Crippen LogP) is 0.565. The standard InChI is InChI=1S/C10H10N4O3S/c11-8-3-2-7(6-9(8)15)18(16,17)14-10-12-4-1-5-13-10/h1-6,15H,11H2,(H,12,13,14). The second kappa shape index (κ2) is 4.49.